The van der Waals surface area contributed by atoms with Gasteiger partial charge in [0, 0.05) is 13.1 Å². The molecule has 0 saturated heterocycles. The molecule has 0 spiro atoms. The van der Waals surface area contributed by atoms with E-state index in [1.807, 2.05) is 7.05 Å². The lowest BCUT2D eigenvalue weighted by Gasteiger charge is -2.27. The van der Waals surface area contributed by atoms with Crippen LogP contribution in [-0.4, -0.2) is 18.1 Å². The third-order valence-corrected chi connectivity index (χ3v) is 3.33. The third kappa shape index (κ3) is 2.17. The molecule has 2 N–H and O–H groups in total. The molecule has 15 heavy (non-hydrogen) atoms. The van der Waals surface area contributed by atoms with Gasteiger partial charge in [-0.05, 0) is 37.8 Å². The molecule has 3 nitrogen and oxygen atoms in total. The van der Waals surface area contributed by atoms with Gasteiger partial charge < -0.3 is 10.6 Å². The first-order valence-electron chi connectivity index (χ1n) is 5.24. The molecule has 1 atom stereocenters. The zero-order valence-electron chi connectivity index (χ0n) is 9.07. The molecule has 1 saturated carbocycles. The first-order valence-corrected chi connectivity index (χ1v) is 5.62. The average molecular weight is 226 g/mol. The first kappa shape index (κ1) is 10.6. The van der Waals surface area contributed by atoms with E-state index >= 15 is 0 Å². The summed E-state index contributed by atoms with van der Waals surface area (Å²) in [6.45, 7) is 2.21. The van der Waals surface area contributed by atoms with Crippen molar-refractivity contribution < 1.29 is 0 Å². The van der Waals surface area contributed by atoms with Gasteiger partial charge in [0.2, 0.25) is 0 Å². The van der Waals surface area contributed by atoms with Crippen molar-refractivity contribution in [1.82, 2.24) is 4.98 Å². The van der Waals surface area contributed by atoms with Crippen molar-refractivity contribution in [2.45, 2.75) is 25.8 Å². The second-order valence-electron chi connectivity index (χ2n) is 4.24. The summed E-state index contributed by atoms with van der Waals surface area (Å²) in [6.07, 6.45) is 2.62. The monoisotopic (exact) mass is 225 g/mol. The van der Waals surface area contributed by atoms with E-state index in [2.05, 4.69) is 16.8 Å². The zero-order chi connectivity index (χ0) is 11.0. The number of pyridine rings is 1. The second-order valence-corrected chi connectivity index (χ2v) is 4.62. The number of nitrogens with zero attached hydrogens (tertiary/aromatic N) is 2. The van der Waals surface area contributed by atoms with E-state index in [1.54, 1.807) is 12.1 Å². The van der Waals surface area contributed by atoms with Crippen molar-refractivity contribution in [3.05, 3.63) is 17.3 Å². The van der Waals surface area contributed by atoms with Gasteiger partial charge >= 0.3 is 0 Å². The predicted molar refractivity (Wildman–Crippen MR) is 64.2 cm³/mol. The highest BCUT2D eigenvalue weighted by molar-refractivity contribution is 6.29. The average Bonchev–Trinajstić information content (AvgIpc) is 3.03. The molecule has 1 unspecified atom stereocenters. The molecule has 4 heteroatoms. The van der Waals surface area contributed by atoms with E-state index < -0.39 is 0 Å². The molecule has 1 aliphatic rings. The first-order chi connectivity index (χ1) is 7.09. The molecule has 2 rings (SSSR count). The van der Waals surface area contributed by atoms with Crippen molar-refractivity contribution in [1.29, 1.82) is 0 Å². The van der Waals surface area contributed by atoms with Crippen molar-refractivity contribution in [3.8, 4) is 0 Å². The van der Waals surface area contributed by atoms with E-state index in [0.29, 0.717) is 16.9 Å². The number of halogens is 1. The Balaban J connectivity index is 2.23. The lowest BCUT2D eigenvalue weighted by Crippen LogP contribution is -2.31. The Kier molecular flexibility index (Phi) is 2.74. The van der Waals surface area contributed by atoms with Gasteiger partial charge in [-0.25, -0.2) is 4.98 Å². The molecule has 1 fully saturated rings. The summed E-state index contributed by atoms with van der Waals surface area (Å²) in [5, 5.41) is 0.494. The Morgan fingerprint density at radius 3 is 2.80 bits per heavy atom. The van der Waals surface area contributed by atoms with Crippen LogP contribution in [0.3, 0.4) is 0 Å². The number of anilines is 2. The smallest absolute Gasteiger partial charge is 0.153 e. The molecule has 1 aromatic heterocycles. The van der Waals surface area contributed by atoms with Gasteiger partial charge in [-0.15, -0.1) is 0 Å². The second kappa shape index (κ2) is 3.89. The largest absolute Gasteiger partial charge is 0.396 e. The van der Waals surface area contributed by atoms with Gasteiger partial charge in [0.1, 0.15) is 5.15 Å². The van der Waals surface area contributed by atoms with Crippen LogP contribution < -0.4 is 10.6 Å². The summed E-state index contributed by atoms with van der Waals surface area (Å²) in [5.41, 5.74) is 6.58. The Labute approximate surface area is 95.2 Å². The van der Waals surface area contributed by atoms with Crippen molar-refractivity contribution in [3.63, 3.8) is 0 Å². The summed E-state index contributed by atoms with van der Waals surface area (Å²) in [5.74, 6) is 1.58. The van der Waals surface area contributed by atoms with Gasteiger partial charge in [-0.2, -0.15) is 0 Å². The minimum Gasteiger partial charge on any atom is -0.396 e. The van der Waals surface area contributed by atoms with Crippen LogP contribution in [0.5, 0.6) is 0 Å². The Hall–Kier alpha value is -0.960. The maximum absolute atomic E-state index is 5.89. The summed E-state index contributed by atoms with van der Waals surface area (Å²) in [7, 11) is 2.03. The maximum Gasteiger partial charge on any atom is 0.153 e. The fraction of sp³-hybridized carbons (Fsp3) is 0.545. The van der Waals surface area contributed by atoms with Gasteiger partial charge in [0.05, 0.1) is 5.69 Å². The fourth-order valence-corrected chi connectivity index (χ4v) is 1.95. The number of hydrogen-bond acceptors (Lipinski definition) is 3. The fourth-order valence-electron chi connectivity index (χ4n) is 1.81. The lowest BCUT2D eigenvalue weighted by molar-refractivity contribution is 0.604. The molecule has 1 heterocycles. The number of aromatic nitrogens is 1. The minimum absolute atomic E-state index is 0.485. The van der Waals surface area contributed by atoms with Crippen molar-refractivity contribution in [2.75, 3.05) is 17.7 Å². The molecule has 0 aliphatic heterocycles. The highest BCUT2D eigenvalue weighted by Crippen LogP contribution is 2.37. The third-order valence-electron chi connectivity index (χ3n) is 3.12. The highest BCUT2D eigenvalue weighted by Gasteiger charge is 2.31. The molecular formula is C11H16ClN3. The molecule has 0 amide bonds. The summed E-state index contributed by atoms with van der Waals surface area (Å²) >= 11 is 5.87. The molecular weight excluding hydrogens is 210 g/mol. The summed E-state index contributed by atoms with van der Waals surface area (Å²) in [4.78, 5) is 6.39. The number of hydrogen-bond donors (Lipinski definition) is 1. The predicted octanol–water partition coefficient (Wildman–Crippen LogP) is 2.55. The van der Waals surface area contributed by atoms with Crippen molar-refractivity contribution >= 4 is 23.1 Å². The normalized spacial score (nSPS) is 17.5. The van der Waals surface area contributed by atoms with Crippen LogP contribution in [0.2, 0.25) is 5.15 Å². The van der Waals surface area contributed by atoms with Gasteiger partial charge in [0.25, 0.3) is 0 Å². The number of rotatable bonds is 3. The van der Waals surface area contributed by atoms with E-state index in [9.17, 15) is 0 Å². The summed E-state index contributed by atoms with van der Waals surface area (Å²) < 4.78 is 0. The SMILES string of the molecule is CC(C1CC1)N(C)c1nc(Cl)ccc1N. The van der Waals surface area contributed by atoms with Crippen LogP contribution in [0, 0.1) is 5.92 Å². The molecule has 1 aromatic rings. The van der Waals surface area contributed by atoms with Crippen LogP contribution >= 0.6 is 11.6 Å². The molecule has 1 aliphatic carbocycles. The van der Waals surface area contributed by atoms with Crippen molar-refractivity contribution in [2.24, 2.45) is 5.92 Å². The topological polar surface area (TPSA) is 42.2 Å². The van der Waals surface area contributed by atoms with E-state index in [-0.39, 0.29) is 0 Å². The number of nitrogens with two attached hydrogens (primary N) is 1. The molecule has 0 radical (unpaired) electrons. The molecule has 82 valence electrons. The van der Waals surface area contributed by atoms with E-state index in [4.69, 9.17) is 17.3 Å². The standard InChI is InChI=1S/C11H16ClN3/c1-7(8-3-4-8)15(2)11-9(13)5-6-10(12)14-11/h5-8H,3-4,13H2,1-2H3. The Morgan fingerprint density at radius 2 is 2.20 bits per heavy atom. The van der Waals surface area contributed by atoms with E-state index in [0.717, 1.165) is 11.7 Å². The molecule has 0 bridgehead atoms. The van der Waals surface area contributed by atoms with Crippen LogP contribution in [0.15, 0.2) is 12.1 Å². The van der Waals surface area contributed by atoms with Crippen LogP contribution in [-0.2, 0) is 0 Å². The minimum atomic E-state index is 0.485. The molecule has 0 aromatic carbocycles. The van der Waals surface area contributed by atoms with Crippen LogP contribution in [0.25, 0.3) is 0 Å². The van der Waals surface area contributed by atoms with Crippen LogP contribution in [0.4, 0.5) is 11.5 Å². The van der Waals surface area contributed by atoms with Crippen LogP contribution in [0.1, 0.15) is 19.8 Å². The van der Waals surface area contributed by atoms with Gasteiger partial charge in [0.15, 0.2) is 5.82 Å². The Morgan fingerprint density at radius 1 is 1.53 bits per heavy atom. The summed E-state index contributed by atoms with van der Waals surface area (Å²) in [6, 6.07) is 4.01. The Bertz CT molecular complexity index is 363. The van der Waals surface area contributed by atoms with Gasteiger partial charge in [-0.1, -0.05) is 11.6 Å². The highest BCUT2D eigenvalue weighted by atomic mass is 35.5. The lowest BCUT2D eigenvalue weighted by atomic mass is 10.2. The quantitative estimate of drug-likeness (QED) is 0.804. The van der Waals surface area contributed by atoms with Gasteiger partial charge in [-0.3, -0.25) is 0 Å². The van der Waals surface area contributed by atoms with E-state index in [1.165, 1.54) is 12.8 Å². The zero-order valence-corrected chi connectivity index (χ0v) is 9.83. The number of nitrogen functional groups attached to an aromatic ring is 1. The maximum atomic E-state index is 5.89.